The fourth-order valence-electron chi connectivity index (χ4n) is 3.00. The number of nitrogens with zero attached hydrogens (tertiary/aromatic N) is 1. The second-order valence-corrected chi connectivity index (χ2v) is 5.37. The number of hydrogen-bond acceptors (Lipinski definition) is 2. The number of amides is 1. The van der Waals surface area contributed by atoms with E-state index in [0.717, 1.165) is 13.0 Å². The number of rotatable bonds is 3. The predicted octanol–water partition coefficient (Wildman–Crippen LogP) is 1.89. The van der Waals surface area contributed by atoms with Crippen molar-refractivity contribution in [2.75, 3.05) is 13.1 Å². The van der Waals surface area contributed by atoms with Crippen LogP contribution in [0.25, 0.3) is 0 Å². The molecule has 2 aliphatic rings. The number of carbonyl (C=O) groups is 2. The summed E-state index contributed by atoms with van der Waals surface area (Å²) in [4.78, 5) is 24.7. The van der Waals surface area contributed by atoms with E-state index in [9.17, 15) is 9.59 Å². The van der Waals surface area contributed by atoms with Crippen LogP contribution in [0.1, 0.15) is 44.9 Å². The summed E-state index contributed by atoms with van der Waals surface area (Å²) in [5, 5.41) is 8.98. The lowest BCUT2D eigenvalue weighted by Crippen LogP contribution is -2.42. The Balaban J connectivity index is 1.83. The van der Waals surface area contributed by atoms with Crippen LogP contribution in [0, 0.1) is 11.8 Å². The minimum atomic E-state index is -0.761. The predicted molar refractivity (Wildman–Crippen MR) is 63.5 cm³/mol. The molecule has 1 saturated heterocycles. The van der Waals surface area contributed by atoms with Crippen LogP contribution in [0.3, 0.4) is 0 Å². The molecule has 0 bridgehead atoms. The largest absolute Gasteiger partial charge is 0.481 e. The molecule has 1 aliphatic heterocycles. The molecule has 2 fully saturated rings. The van der Waals surface area contributed by atoms with Gasteiger partial charge in [-0.3, -0.25) is 9.59 Å². The molecule has 0 aromatic heterocycles. The second kappa shape index (κ2) is 5.52. The molecule has 1 heterocycles. The number of hydrogen-bond donors (Lipinski definition) is 1. The highest BCUT2D eigenvalue weighted by atomic mass is 16.4. The van der Waals surface area contributed by atoms with Crippen molar-refractivity contribution in [1.82, 2.24) is 4.90 Å². The van der Waals surface area contributed by atoms with Crippen LogP contribution in [0.2, 0.25) is 0 Å². The van der Waals surface area contributed by atoms with Gasteiger partial charge in [-0.15, -0.1) is 0 Å². The molecule has 2 rings (SSSR count). The maximum atomic E-state index is 12.1. The normalized spacial score (nSPS) is 26.1. The number of likely N-dealkylation sites (tertiary alicyclic amines) is 1. The maximum absolute atomic E-state index is 12.1. The molecule has 0 aromatic carbocycles. The minimum absolute atomic E-state index is 0.169. The summed E-state index contributed by atoms with van der Waals surface area (Å²) < 4.78 is 0. The summed E-state index contributed by atoms with van der Waals surface area (Å²) in [6.45, 7) is 1.16. The summed E-state index contributed by atoms with van der Waals surface area (Å²) in [7, 11) is 0. The Kier molecular flexibility index (Phi) is 4.02. The van der Waals surface area contributed by atoms with E-state index in [1.54, 1.807) is 4.90 Å². The van der Waals surface area contributed by atoms with Gasteiger partial charge in [0.25, 0.3) is 0 Å². The van der Waals surface area contributed by atoms with Crippen molar-refractivity contribution in [3.05, 3.63) is 0 Å². The molecular formula is C13H21NO3. The molecule has 1 aliphatic carbocycles. The summed E-state index contributed by atoms with van der Waals surface area (Å²) in [5.41, 5.74) is 0. The quantitative estimate of drug-likeness (QED) is 0.818. The highest BCUT2D eigenvalue weighted by Crippen LogP contribution is 2.28. The zero-order valence-electron chi connectivity index (χ0n) is 10.2. The Hall–Kier alpha value is -1.06. The minimum Gasteiger partial charge on any atom is -0.481 e. The van der Waals surface area contributed by atoms with Gasteiger partial charge in [0, 0.05) is 19.5 Å². The third-order valence-corrected chi connectivity index (χ3v) is 4.06. The van der Waals surface area contributed by atoms with Crippen LogP contribution >= 0.6 is 0 Å². The van der Waals surface area contributed by atoms with Gasteiger partial charge in [0.05, 0.1) is 5.92 Å². The Morgan fingerprint density at radius 2 is 1.82 bits per heavy atom. The molecule has 0 radical (unpaired) electrons. The fraction of sp³-hybridized carbons (Fsp3) is 0.846. The van der Waals surface area contributed by atoms with Crippen molar-refractivity contribution >= 4 is 11.9 Å². The van der Waals surface area contributed by atoms with Gasteiger partial charge in [0.2, 0.25) is 5.91 Å². The second-order valence-electron chi connectivity index (χ2n) is 5.37. The summed E-state index contributed by atoms with van der Waals surface area (Å²) >= 11 is 0. The summed E-state index contributed by atoms with van der Waals surface area (Å²) in [5.74, 6) is -0.393. The number of carboxylic acids is 1. The van der Waals surface area contributed by atoms with E-state index in [0.29, 0.717) is 25.3 Å². The third-order valence-electron chi connectivity index (χ3n) is 4.06. The van der Waals surface area contributed by atoms with E-state index in [1.165, 1.54) is 25.7 Å². The van der Waals surface area contributed by atoms with Crippen LogP contribution in [0.5, 0.6) is 0 Å². The lowest BCUT2D eigenvalue weighted by atomic mass is 9.96. The average Bonchev–Trinajstić information content (AvgIpc) is 2.82. The van der Waals surface area contributed by atoms with E-state index in [2.05, 4.69) is 0 Å². The van der Waals surface area contributed by atoms with E-state index >= 15 is 0 Å². The van der Waals surface area contributed by atoms with Gasteiger partial charge < -0.3 is 10.0 Å². The summed E-state index contributed by atoms with van der Waals surface area (Å²) in [6, 6.07) is 0. The highest BCUT2D eigenvalue weighted by molar-refractivity contribution is 5.78. The van der Waals surface area contributed by atoms with Gasteiger partial charge in [0.15, 0.2) is 0 Å². The molecule has 1 unspecified atom stereocenters. The molecule has 1 N–H and O–H groups in total. The molecule has 1 amide bonds. The van der Waals surface area contributed by atoms with Crippen molar-refractivity contribution in [3.8, 4) is 0 Å². The van der Waals surface area contributed by atoms with Crippen LogP contribution in [-0.2, 0) is 9.59 Å². The van der Waals surface area contributed by atoms with Gasteiger partial charge in [-0.05, 0) is 31.6 Å². The first-order valence-corrected chi connectivity index (χ1v) is 6.67. The SMILES string of the molecule is O=C(O)C1CCCN(C(=O)CC2CCCC2)C1. The number of carbonyl (C=O) groups excluding carboxylic acids is 1. The number of aliphatic carboxylic acids is 1. The van der Waals surface area contributed by atoms with Gasteiger partial charge in [0.1, 0.15) is 0 Å². The molecular weight excluding hydrogens is 218 g/mol. The van der Waals surface area contributed by atoms with Gasteiger partial charge in [-0.1, -0.05) is 12.8 Å². The molecule has 1 atom stereocenters. The average molecular weight is 239 g/mol. The first-order valence-electron chi connectivity index (χ1n) is 6.67. The highest BCUT2D eigenvalue weighted by Gasteiger charge is 2.29. The van der Waals surface area contributed by atoms with Crippen LogP contribution in [0.15, 0.2) is 0 Å². The Bertz CT molecular complexity index is 297. The maximum Gasteiger partial charge on any atom is 0.308 e. The van der Waals surface area contributed by atoms with Gasteiger partial charge >= 0.3 is 5.97 Å². The first kappa shape index (κ1) is 12.4. The lowest BCUT2D eigenvalue weighted by molar-refractivity contribution is -0.145. The van der Waals surface area contributed by atoms with E-state index in [1.807, 2.05) is 0 Å². The zero-order valence-corrected chi connectivity index (χ0v) is 10.2. The van der Waals surface area contributed by atoms with Crippen molar-refractivity contribution in [2.45, 2.75) is 44.9 Å². The third kappa shape index (κ3) is 3.20. The Labute approximate surface area is 102 Å². The van der Waals surface area contributed by atoms with Crippen molar-refractivity contribution in [3.63, 3.8) is 0 Å². The number of carboxylic acid groups (broad SMARTS) is 1. The van der Waals surface area contributed by atoms with Crippen LogP contribution in [0.4, 0.5) is 0 Å². The van der Waals surface area contributed by atoms with E-state index in [-0.39, 0.29) is 11.8 Å². The fourth-order valence-corrected chi connectivity index (χ4v) is 3.00. The molecule has 4 heteroatoms. The van der Waals surface area contributed by atoms with Crippen LogP contribution in [-0.4, -0.2) is 35.0 Å². The topological polar surface area (TPSA) is 57.6 Å². The number of piperidine rings is 1. The zero-order chi connectivity index (χ0) is 12.3. The smallest absolute Gasteiger partial charge is 0.308 e. The standard InChI is InChI=1S/C13H21NO3/c15-12(8-10-4-1-2-5-10)14-7-3-6-11(9-14)13(16)17/h10-11H,1-9H2,(H,16,17). The monoisotopic (exact) mass is 239 g/mol. The molecule has 4 nitrogen and oxygen atoms in total. The molecule has 0 aromatic rings. The van der Waals surface area contributed by atoms with Crippen LogP contribution < -0.4 is 0 Å². The Morgan fingerprint density at radius 3 is 2.47 bits per heavy atom. The lowest BCUT2D eigenvalue weighted by Gasteiger charge is -2.31. The van der Waals surface area contributed by atoms with Crippen molar-refractivity contribution in [2.24, 2.45) is 11.8 Å². The molecule has 17 heavy (non-hydrogen) atoms. The van der Waals surface area contributed by atoms with Gasteiger partial charge in [-0.25, -0.2) is 0 Å². The first-order chi connectivity index (χ1) is 8.16. The van der Waals surface area contributed by atoms with Crippen molar-refractivity contribution < 1.29 is 14.7 Å². The van der Waals surface area contributed by atoms with Gasteiger partial charge in [-0.2, -0.15) is 0 Å². The molecule has 0 spiro atoms. The van der Waals surface area contributed by atoms with E-state index < -0.39 is 5.97 Å². The molecule has 96 valence electrons. The Morgan fingerprint density at radius 1 is 1.12 bits per heavy atom. The summed E-state index contributed by atoms with van der Waals surface area (Å²) in [6.07, 6.45) is 7.00. The van der Waals surface area contributed by atoms with Crippen molar-refractivity contribution in [1.29, 1.82) is 0 Å². The van der Waals surface area contributed by atoms with E-state index in [4.69, 9.17) is 5.11 Å². The molecule has 1 saturated carbocycles.